The number of aliphatic imine (C=N–C) groups is 2. The molecule has 4 heterocycles. The van der Waals surface area contributed by atoms with Gasteiger partial charge in [0.25, 0.3) is 23.6 Å². The van der Waals surface area contributed by atoms with E-state index in [-0.39, 0.29) is 108 Å². The summed E-state index contributed by atoms with van der Waals surface area (Å²) in [4.78, 5) is 116. The summed E-state index contributed by atoms with van der Waals surface area (Å²) in [6, 6.07) is 25.9. The number of aromatic carboxylic acids is 1. The number of hydrogen-bond donors (Lipinski definition) is 4. The Morgan fingerprint density at radius 1 is 0.592 bits per heavy atom. The van der Waals surface area contributed by atoms with Crippen molar-refractivity contribution in [2.45, 2.75) is 36.8 Å². The van der Waals surface area contributed by atoms with Crippen molar-refractivity contribution in [2.24, 2.45) is 33.3 Å². The van der Waals surface area contributed by atoms with Crippen LogP contribution in [-0.4, -0.2) is 154 Å². The molecule has 4 aromatic rings. The zero-order valence-corrected chi connectivity index (χ0v) is 45.2. The van der Waals surface area contributed by atoms with Crippen LogP contribution in [0, 0.1) is 11.8 Å². The Labute approximate surface area is 461 Å². The quantitative estimate of drug-likeness (QED) is 0.0850. The smallest absolute Gasteiger partial charge is 0.545 e. The number of rotatable bonds is 14. The monoisotopic (exact) mass is 1050 g/mol. The van der Waals surface area contributed by atoms with Gasteiger partial charge in [0, 0.05) is 88.8 Å². The van der Waals surface area contributed by atoms with Crippen LogP contribution in [0.3, 0.4) is 0 Å². The van der Waals surface area contributed by atoms with Gasteiger partial charge in [0.15, 0.2) is 23.0 Å². The molecular weight excluding hydrogens is 992 g/mol. The molecule has 2 saturated heterocycles. The number of likely N-dealkylation sites (tertiary alicyclic amines) is 2. The third-order valence-electron chi connectivity index (χ3n) is 13.9. The van der Waals surface area contributed by atoms with Crippen LogP contribution in [0.4, 0.5) is 11.4 Å². The molecular formula is C53H59N10NaO12. The number of esters is 1. The van der Waals surface area contributed by atoms with Crippen LogP contribution in [0.25, 0.3) is 0 Å². The van der Waals surface area contributed by atoms with E-state index in [0.717, 1.165) is 0 Å². The van der Waals surface area contributed by atoms with Gasteiger partial charge >= 0.3 is 35.5 Å². The Bertz CT molecular complexity index is 2920. The third-order valence-corrected chi connectivity index (χ3v) is 13.9. The Balaban J connectivity index is 0.000000244. The van der Waals surface area contributed by atoms with Crippen molar-refractivity contribution in [1.82, 2.24) is 19.6 Å². The Kier molecular flexibility index (Phi) is 18.9. The zero-order chi connectivity index (χ0) is 54.2. The molecule has 394 valence electrons. The molecule has 76 heavy (non-hydrogen) atoms. The molecule has 0 aromatic heterocycles. The first kappa shape index (κ1) is 57.8. The van der Waals surface area contributed by atoms with Gasteiger partial charge in [0.05, 0.1) is 18.6 Å². The molecule has 6 amide bonds. The maximum atomic E-state index is 13.6. The van der Waals surface area contributed by atoms with E-state index in [0.29, 0.717) is 91.1 Å². The fraction of sp³-hybridized carbons (Fsp3) is 0.358. The maximum absolute atomic E-state index is 13.6. The minimum Gasteiger partial charge on any atom is -0.545 e. The number of methoxy groups -OCH3 is 3. The molecule has 4 aliphatic rings. The number of nitrogens with two attached hydrogens (primary N) is 2. The number of benzene rings is 4. The summed E-state index contributed by atoms with van der Waals surface area (Å²) < 4.78 is 14.5. The minimum atomic E-state index is -1.31. The van der Waals surface area contributed by atoms with Crippen molar-refractivity contribution in [3.8, 4) is 0 Å². The van der Waals surface area contributed by atoms with Crippen molar-refractivity contribution in [1.29, 1.82) is 0 Å². The summed E-state index contributed by atoms with van der Waals surface area (Å²) in [6.45, 7) is 1.39. The predicted molar refractivity (Wildman–Crippen MR) is 272 cm³/mol. The van der Waals surface area contributed by atoms with E-state index in [1.807, 2.05) is 0 Å². The van der Waals surface area contributed by atoms with E-state index in [1.54, 1.807) is 96.7 Å². The van der Waals surface area contributed by atoms with Crippen molar-refractivity contribution < 1.29 is 87.2 Å². The van der Waals surface area contributed by atoms with E-state index >= 15 is 0 Å². The first-order valence-electron chi connectivity index (χ1n) is 24.0. The molecule has 0 bridgehead atoms. The average Bonchev–Trinajstić information content (AvgIpc) is 3.80. The van der Waals surface area contributed by atoms with Gasteiger partial charge in [-0.1, -0.05) is 36.4 Å². The number of nitrogens with one attached hydrogen (secondary N) is 2. The number of amides is 6. The topological polar surface area (TPSA) is 301 Å². The number of anilines is 2. The summed E-state index contributed by atoms with van der Waals surface area (Å²) in [6.07, 6.45) is 2.00. The summed E-state index contributed by atoms with van der Waals surface area (Å²) in [5.74, 6) is -3.58. The van der Waals surface area contributed by atoms with Crippen LogP contribution < -0.4 is 56.8 Å². The second-order valence-corrected chi connectivity index (χ2v) is 18.4. The molecule has 4 aromatic carbocycles. The SMILES string of the molecule is COCC(=O)Nc1cccc(C2(C3CCN(C(=O)c4ccc(C(=O)OC)cc4)CC3)N=C(N)N(C)C2=O)c1.COCC(=O)Nc1cccc(C2(C3CCN(C(=O)c4ccc(C(=O)[O-])cc4)CC3)N=C(N)N(C)C2=O)c1.[Na+]. The van der Waals surface area contributed by atoms with Gasteiger partial charge in [-0.05, 0) is 103 Å². The minimum absolute atomic E-state index is 0. The molecule has 22 nitrogen and oxygen atoms in total. The number of ether oxygens (including phenoxy) is 3. The van der Waals surface area contributed by atoms with E-state index in [4.69, 9.17) is 25.7 Å². The number of carbonyl (C=O) groups excluding carboxylic acids is 8. The normalized spacial score (nSPS) is 19.6. The zero-order valence-electron chi connectivity index (χ0n) is 43.2. The van der Waals surface area contributed by atoms with Crippen molar-refractivity contribution in [3.63, 3.8) is 0 Å². The van der Waals surface area contributed by atoms with Crippen LogP contribution in [0.5, 0.6) is 0 Å². The van der Waals surface area contributed by atoms with Crippen LogP contribution in [-0.2, 0) is 44.5 Å². The molecule has 0 spiro atoms. The van der Waals surface area contributed by atoms with Crippen LogP contribution in [0.2, 0.25) is 0 Å². The molecule has 2 unspecified atom stereocenters. The van der Waals surface area contributed by atoms with Gasteiger partial charge in [0.1, 0.15) is 13.2 Å². The first-order chi connectivity index (χ1) is 35.9. The van der Waals surface area contributed by atoms with E-state index in [2.05, 4.69) is 20.6 Å². The van der Waals surface area contributed by atoms with E-state index < -0.39 is 23.0 Å². The van der Waals surface area contributed by atoms with Gasteiger partial charge in [-0.2, -0.15) is 0 Å². The summed E-state index contributed by atoms with van der Waals surface area (Å²) in [5, 5.41) is 16.5. The standard InChI is InChI=1S/C27H31N5O6.C26H29N5O6.Na/c1-31-25(36)27(30-26(31)28,20-5-4-6-21(15-20)29-22(33)16-37-2)19-11-13-32(14-12-19)23(34)17-7-9-18(10-8-17)24(35)38-3;1-30-24(36)26(29-25(30)27,19-4-3-5-20(14-19)28-21(32)15-37-2)18-10-12-31(13-11-18)22(33)16-6-8-17(9-7-16)23(34)35;/h4-10,15,19H,11-14,16H2,1-3H3,(H2,28,30)(H,29,33);3-9,14,18H,10-13,15H2,1-2H3,(H2,27,29)(H,28,32)(H,34,35);/q;;+1/p-1. The van der Waals surface area contributed by atoms with E-state index in [9.17, 15) is 43.5 Å². The average molecular weight is 1050 g/mol. The summed E-state index contributed by atoms with van der Waals surface area (Å²) in [5.41, 5.74) is 13.1. The molecule has 0 saturated carbocycles. The number of likely N-dealkylation sites (N-methyl/N-ethyl adjacent to an activating group) is 2. The molecule has 0 aliphatic carbocycles. The second-order valence-electron chi connectivity index (χ2n) is 18.4. The number of guanidine groups is 2. The van der Waals surface area contributed by atoms with Gasteiger partial charge in [-0.15, -0.1) is 0 Å². The third kappa shape index (κ3) is 12.0. The fourth-order valence-electron chi connectivity index (χ4n) is 10.0. The number of nitrogens with zero attached hydrogens (tertiary/aromatic N) is 6. The van der Waals surface area contributed by atoms with Crippen molar-refractivity contribution in [3.05, 3.63) is 130 Å². The molecule has 6 N–H and O–H groups in total. The van der Waals surface area contributed by atoms with Gasteiger partial charge < -0.3 is 56.0 Å². The molecule has 2 fully saturated rings. The van der Waals surface area contributed by atoms with Gasteiger partial charge in [0.2, 0.25) is 11.8 Å². The fourth-order valence-corrected chi connectivity index (χ4v) is 10.0. The predicted octanol–water partition coefficient (Wildman–Crippen LogP) is -1.23. The maximum Gasteiger partial charge on any atom is 1.00 e. The Hall–Kier alpha value is -7.50. The van der Waals surface area contributed by atoms with Crippen molar-refractivity contribution in [2.75, 3.05) is 85.5 Å². The number of carboxylic acid groups (broad SMARTS) is 1. The number of carbonyl (C=O) groups is 8. The van der Waals surface area contributed by atoms with E-state index in [1.165, 1.54) is 55.4 Å². The molecule has 4 aliphatic heterocycles. The summed E-state index contributed by atoms with van der Waals surface area (Å²) >= 11 is 0. The van der Waals surface area contributed by atoms with Crippen molar-refractivity contribution >= 4 is 70.7 Å². The Morgan fingerprint density at radius 3 is 1.26 bits per heavy atom. The molecule has 0 radical (unpaired) electrons. The van der Waals surface area contributed by atoms with Crippen LogP contribution in [0.15, 0.2) is 107 Å². The largest absolute Gasteiger partial charge is 1.00 e. The van der Waals surface area contributed by atoms with Crippen LogP contribution in [0.1, 0.15) is 78.2 Å². The number of piperidine rings is 2. The summed E-state index contributed by atoms with van der Waals surface area (Å²) in [7, 11) is 7.32. The Morgan fingerprint density at radius 2 is 0.947 bits per heavy atom. The van der Waals surface area contributed by atoms with Crippen LogP contribution >= 0.6 is 0 Å². The number of carboxylic acids is 1. The molecule has 2 atom stereocenters. The van der Waals surface area contributed by atoms with Gasteiger partial charge in [-0.3, -0.25) is 38.6 Å². The van der Waals surface area contributed by atoms with Gasteiger partial charge in [-0.25, -0.2) is 14.8 Å². The second kappa shape index (κ2) is 24.9. The first-order valence-corrected chi connectivity index (χ1v) is 24.0. The molecule has 23 heteroatoms. The molecule has 8 rings (SSSR count). The number of hydrogen-bond acceptors (Lipinski definition) is 16.